The van der Waals surface area contributed by atoms with Gasteiger partial charge in [-0.3, -0.25) is 9.59 Å². The Morgan fingerprint density at radius 2 is 1.74 bits per heavy atom. The Hall–Kier alpha value is -3.45. The van der Waals surface area contributed by atoms with Crippen molar-refractivity contribution < 1.29 is 4.79 Å². The lowest BCUT2D eigenvalue weighted by Gasteiger charge is -2.13. The first-order valence-corrected chi connectivity index (χ1v) is 10.4. The van der Waals surface area contributed by atoms with Crippen LogP contribution in [0.1, 0.15) is 29.9 Å². The summed E-state index contributed by atoms with van der Waals surface area (Å²) < 4.78 is 3.06. The molecule has 0 atom stereocenters. The summed E-state index contributed by atoms with van der Waals surface area (Å²) >= 11 is 5.95. The van der Waals surface area contributed by atoms with Gasteiger partial charge in [0.05, 0.1) is 18.1 Å². The average molecular weight is 436 g/mol. The second-order valence-electron chi connectivity index (χ2n) is 7.73. The molecule has 31 heavy (non-hydrogen) atoms. The molecule has 2 heterocycles. The van der Waals surface area contributed by atoms with Crippen LogP contribution in [-0.4, -0.2) is 25.5 Å². The molecule has 0 fully saturated rings. The van der Waals surface area contributed by atoms with E-state index < -0.39 is 5.91 Å². The molecule has 0 bridgehead atoms. The maximum Gasteiger partial charge on any atom is 0.277 e. The van der Waals surface area contributed by atoms with Gasteiger partial charge >= 0.3 is 0 Å². The predicted molar refractivity (Wildman–Crippen MR) is 122 cm³/mol. The van der Waals surface area contributed by atoms with Crippen molar-refractivity contribution >= 4 is 34.1 Å². The highest BCUT2D eigenvalue weighted by atomic mass is 35.5. The number of amides is 1. The number of carbonyl (C=O) groups is 1. The zero-order valence-corrected chi connectivity index (χ0v) is 18.0. The molecule has 0 spiro atoms. The van der Waals surface area contributed by atoms with Gasteiger partial charge in [-0.1, -0.05) is 55.8 Å². The molecule has 7 nitrogen and oxygen atoms in total. The van der Waals surface area contributed by atoms with Crippen molar-refractivity contribution in [2.24, 2.45) is 5.92 Å². The third-order valence-electron chi connectivity index (χ3n) is 4.82. The number of nitrogens with one attached hydrogen (secondary N) is 1. The van der Waals surface area contributed by atoms with Gasteiger partial charge in [-0.05, 0) is 29.7 Å². The van der Waals surface area contributed by atoms with Gasteiger partial charge in [0.15, 0.2) is 5.69 Å². The summed E-state index contributed by atoms with van der Waals surface area (Å²) in [5.41, 5.74) is 1.00. The van der Waals surface area contributed by atoms with Crippen molar-refractivity contribution in [1.82, 2.24) is 19.6 Å². The van der Waals surface area contributed by atoms with E-state index in [1.165, 1.54) is 4.68 Å². The molecule has 4 rings (SSSR count). The first-order valence-electron chi connectivity index (χ1n) is 10.00. The maximum absolute atomic E-state index is 13.2. The number of rotatable bonds is 6. The standard InChI is InChI=1S/C23H22ClN5O2/c1-15(2)13-29-23(31)19-6-4-3-5-18(19)21(27-29)22(30)26-20-11-12-25-28(20)14-16-7-9-17(24)10-8-16/h3-12,15H,13-14H2,1-2H3,(H,26,30). The van der Waals surface area contributed by atoms with Crippen LogP contribution in [0, 0.1) is 5.92 Å². The fourth-order valence-electron chi connectivity index (χ4n) is 3.38. The van der Waals surface area contributed by atoms with Crippen LogP contribution < -0.4 is 10.9 Å². The highest BCUT2D eigenvalue weighted by Gasteiger charge is 2.18. The number of carbonyl (C=O) groups excluding carboxylic acids is 1. The molecule has 8 heteroatoms. The summed E-state index contributed by atoms with van der Waals surface area (Å²) in [6, 6.07) is 16.2. The van der Waals surface area contributed by atoms with E-state index in [-0.39, 0.29) is 17.2 Å². The van der Waals surface area contributed by atoms with Gasteiger partial charge in [-0.15, -0.1) is 0 Å². The van der Waals surface area contributed by atoms with Crippen molar-refractivity contribution in [2.75, 3.05) is 5.32 Å². The third-order valence-corrected chi connectivity index (χ3v) is 5.08. The van der Waals surface area contributed by atoms with E-state index in [2.05, 4.69) is 15.5 Å². The summed E-state index contributed by atoms with van der Waals surface area (Å²) in [6.45, 7) is 4.90. The van der Waals surface area contributed by atoms with Crippen LogP contribution in [0.2, 0.25) is 5.02 Å². The minimum atomic E-state index is -0.397. The topological polar surface area (TPSA) is 81.8 Å². The number of benzene rings is 2. The quantitative estimate of drug-likeness (QED) is 0.492. The molecule has 2 aromatic carbocycles. The van der Waals surface area contributed by atoms with Crippen LogP contribution >= 0.6 is 11.6 Å². The number of aromatic nitrogens is 4. The van der Waals surface area contributed by atoms with Crippen LogP contribution in [0.4, 0.5) is 5.82 Å². The van der Waals surface area contributed by atoms with Crippen LogP contribution in [0.5, 0.6) is 0 Å². The lowest BCUT2D eigenvalue weighted by Crippen LogP contribution is -2.29. The summed E-state index contributed by atoms with van der Waals surface area (Å²) in [6.07, 6.45) is 1.62. The number of hydrogen-bond donors (Lipinski definition) is 1. The number of anilines is 1. The van der Waals surface area contributed by atoms with Crippen molar-refractivity contribution in [2.45, 2.75) is 26.9 Å². The van der Waals surface area contributed by atoms with Gasteiger partial charge in [0.2, 0.25) is 0 Å². The number of nitrogens with zero attached hydrogens (tertiary/aromatic N) is 4. The molecule has 0 saturated heterocycles. The van der Waals surface area contributed by atoms with E-state index in [0.717, 1.165) is 5.56 Å². The Labute approximate surface area is 184 Å². The van der Waals surface area contributed by atoms with Crippen LogP contribution in [0.3, 0.4) is 0 Å². The summed E-state index contributed by atoms with van der Waals surface area (Å²) in [7, 11) is 0. The lowest BCUT2D eigenvalue weighted by atomic mass is 10.1. The van der Waals surface area contributed by atoms with Crippen LogP contribution in [0.25, 0.3) is 10.8 Å². The average Bonchev–Trinajstić information content (AvgIpc) is 3.18. The second-order valence-corrected chi connectivity index (χ2v) is 8.17. The van der Waals surface area contributed by atoms with Crippen molar-refractivity contribution in [3.05, 3.63) is 87.4 Å². The summed E-state index contributed by atoms with van der Waals surface area (Å²) in [5, 5.41) is 13.2. The maximum atomic E-state index is 13.2. The normalized spacial score (nSPS) is 11.2. The molecule has 0 aliphatic carbocycles. The Kier molecular flexibility index (Phi) is 5.86. The van der Waals surface area contributed by atoms with Gasteiger partial charge in [-0.2, -0.15) is 10.2 Å². The third kappa shape index (κ3) is 4.51. The van der Waals surface area contributed by atoms with Crippen LogP contribution in [-0.2, 0) is 13.1 Å². The van der Waals surface area contributed by atoms with E-state index in [9.17, 15) is 9.59 Å². The molecular weight excluding hydrogens is 414 g/mol. The molecule has 2 aromatic heterocycles. The molecule has 0 saturated carbocycles. The van der Waals surface area contributed by atoms with Crippen LogP contribution in [0.15, 0.2) is 65.6 Å². The van der Waals surface area contributed by atoms with Crippen molar-refractivity contribution in [3.8, 4) is 0 Å². The van der Waals surface area contributed by atoms with E-state index in [1.54, 1.807) is 41.2 Å². The summed E-state index contributed by atoms with van der Waals surface area (Å²) in [5.74, 6) is 0.349. The Bertz CT molecular complexity index is 1290. The molecule has 1 amide bonds. The van der Waals surface area contributed by atoms with Gasteiger partial charge in [0, 0.05) is 23.0 Å². The van der Waals surface area contributed by atoms with E-state index >= 15 is 0 Å². The molecule has 0 aliphatic rings. The fourth-order valence-corrected chi connectivity index (χ4v) is 3.50. The smallest absolute Gasteiger partial charge is 0.277 e. The first-order chi connectivity index (χ1) is 14.9. The minimum Gasteiger partial charge on any atom is -0.305 e. The molecular formula is C23H22ClN5O2. The molecule has 4 aromatic rings. The zero-order chi connectivity index (χ0) is 22.0. The van der Waals surface area contributed by atoms with Gasteiger partial charge in [0.25, 0.3) is 11.5 Å². The monoisotopic (exact) mass is 435 g/mol. The zero-order valence-electron chi connectivity index (χ0n) is 17.2. The van der Waals surface area contributed by atoms with Crippen molar-refractivity contribution in [3.63, 3.8) is 0 Å². The SMILES string of the molecule is CC(C)Cn1nc(C(=O)Nc2ccnn2Cc2ccc(Cl)cc2)c2ccccc2c1=O. The fraction of sp³-hybridized carbons (Fsp3) is 0.217. The summed E-state index contributed by atoms with van der Waals surface area (Å²) in [4.78, 5) is 26.0. The predicted octanol–water partition coefficient (Wildman–Crippen LogP) is 4.20. The largest absolute Gasteiger partial charge is 0.305 e. The second kappa shape index (κ2) is 8.73. The first kappa shape index (κ1) is 20.8. The molecule has 0 aliphatic heterocycles. The molecule has 0 radical (unpaired) electrons. The number of fused-ring (bicyclic) bond motifs is 1. The Morgan fingerprint density at radius 3 is 2.45 bits per heavy atom. The number of hydrogen-bond acceptors (Lipinski definition) is 4. The highest BCUT2D eigenvalue weighted by Crippen LogP contribution is 2.17. The van der Waals surface area contributed by atoms with Gasteiger partial charge in [0.1, 0.15) is 5.82 Å². The molecule has 1 N–H and O–H groups in total. The minimum absolute atomic E-state index is 0.200. The van der Waals surface area contributed by atoms with E-state index in [1.807, 2.05) is 38.1 Å². The van der Waals surface area contributed by atoms with E-state index in [0.29, 0.717) is 34.7 Å². The molecule has 158 valence electrons. The van der Waals surface area contributed by atoms with Gasteiger partial charge in [-0.25, -0.2) is 9.36 Å². The highest BCUT2D eigenvalue weighted by molar-refractivity contribution is 6.30. The number of halogens is 1. The molecule has 0 unspecified atom stereocenters. The Balaban J connectivity index is 1.67. The van der Waals surface area contributed by atoms with Crippen molar-refractivity contribution in [1.29, 1.82) is 0 Å². The van der Waals surface area contributed by atoms with E-state index in [4.69, 9.17) is 11.6 Å². The Morgan fingerprint density at radius 1 is 1.03 bits per heavy atom. The lowest BCUT2D eigenvalue weighted by molar-refractivity contribution is 0.102. The van der Waals surface area contributed by atoms with Gasteiger partial charge < -0.3 is 5.32 Å².